The summed E-state index contributed by atoms with van der Waals surface area (Å²) in [4.78, 5) is 22.7. The second kappa shape index (κ2) is 6.67. The number of carbonyl (C=O) groups is 1. The van der Waals surface area contributed by atoms with E-state index in [9.17, 15) is 4.79 Å². The molecule has 0 radical (unpaired) electrons. The molecule has 1 aliphatic heterocycles. The molecule has 3 aromatic rings. The van der Waals surface area contributed by atoms with Gasteiger partial charge in [0.05, 0.1) is 13.2 Å². The van der Waals surface area contributed by atoms with Gasteiger partial charge in [0.1, 0.15) is 17.3 Å². The Kier molecular flexibility index (Phi) is 4.21. The number of hydrogen-bond acceptors (Lipinski definition) is 3. The number of aryl methyl sites for hydroxylation is 1. The van der Waals surface area contributed by atoms with Crippen molar-refractivity contribution in [3.63, 3.8) is 0 Å². The minimum atomic E-state index is -0.0278. The van der Waals surface area contributed by atoms with Crippen molar-refractivity contribution in [2.45, 2.75) is 19.4 Å². The monoisotopic (exact) mass is 347 g/mol. The van der Waals surface area contributed by atoms with Crippen molar-refractivity contribution in [1.29, 1.82) is 0 Å². The number of likely N-dealkylation sites (tertiary alicyclic amines) is 1. The van der Waals surface area contributed by atoms with Crippen molar-refractivity contribution < 1.29 is 9.53 Å². The number of carbonyl (C=O) groups excluding carboxylic acids is 1. The fraction of sp³-hybridized carbons (Fsp3) is 0.238. The molecule has 1 saturated heterocycles. The van der Waals surface area contributed by atoms with E-state index in [4.69, 9.17) is 4.74 Å². The lowest BCUT2D eigenvalue weighted by atomic mass is 9.94. The van der Waals surface area contributed by atoms with Crippen LogP contribution >= 0.6 is 0 Å². The highest BCUT2D eigenvalue weighted by Gasteiger charge is 2.35. The van der Waals surface area contributed by atoms with Crippen LogP contribution in [0.1, 0.15) is 34.2 Å². The molecule has 1 amide bonds. The van der Waals surface area contributed by atoms with Crippen molar-refractivity contribution in [3.8, 4) is 17.1 Å². The zero-order valence-corrected chi connectivity index (χ0v) is 14.9. The van der Waals surface area contributed by atoms with E-state index < -0.39 is 0 Å². The van der Waals surface area contributed by atoms with Crippen molar-refractivity contribution in [1.82, 2.24) is 14.9 Å². The average Bonchev–Trinajstić information content (AvgIpc) is 3.03. The molecule has 1 aromatic heterocycles. The summed E-state index contributed by atoms with van der Waals surface area (Å²) in [5.74, 6) is 1.51. The number of aromatic nitrogens is 2. The maximum absolute atomic E-state index is 13.0. The molecule has 5 heteroatoms. The number of methoxy groups -OCH3 is 1. The van der Waals surface area contributed by atoms with Gasteiger partial charge in [-0.3, -0.25) is 4.79 Å². The van der Waals surface area contributed by atoms with Crippen LogP contribution in [-0.2, 0) is 0 Å². The molecule has 0 bridgehead atoms. The zero-order valence-electron chi connectivity index (χ0n) is 14.9. The van der Waals surface area contributed by atoms with Crippen molar-refractivity contribution in [2.24, 2.45) is 0 Å². The molecule has 132 valence electrons. The highest BCUT2D eigenvalue weighted by Crippen LogP contribution is 2.36. The number of nitrogens with one attached hydrogen (secondary N) is 1. The molecular formula is C21H21N3O2. The van der Waals surface area contributed by atoms with E-state index in [1.165, 1.54) is 0 Å². The van der Waals surface area contributed by atoms with Crippen LogP contribution in [0.3, 0.4) is 0 Å². The molecule has 0 saturated carbocycles. The van der Waals surface area contributed by atoms with Gasteiger partial charge >= 0.3 is 0 Å². The zero-order chi connectivity index (χ0) is 18.1. The Morgan fingerprint density at radius 2 is 2.00 bits per heavy atom. The second-order valence-corrected chi connectivity index (χ2v) is 6.50. The standard InChI is InChI=1S/C21H21N3O2/c1-14-19(23-20(22-14)15-7-4-3-5-8-15)21(25)24-12-11-18(24)16-9-6-10-17(13-16)26-2/h3-10,13,18H,11-12H2,1-2H3,(H,22,23)/t18-/m1/s1. The van der Waals surface area contributed by atoms with Crippen LogP contribution in [0.25, 0.3) is 11.4 Å². The van der Waals surface area contributed by atoms with Gasteiger partial charge in [-0.1, -0.05) is 42.5 Å². The summed E-state index contributed by atoms with van der Waals surface area (Å²) >= 11 is 0. The second-order valence-electron chi connectivity index (χ2n) is 6.50. The van der Waals surface area contributed by atoms with E-state index in [-0.39, 0.29) is 11.9 Å². The Hall–Kier alpha value is -3.08. The first kappa shape index (κ1) is 16.4. The van der Waals surface area contributed by atoms with Crippen LogP contribution in [0.5, 0.6) is 5.75 Å². The van der Waals surface area contributed by atoms with E-state index in [2.05, 4.69) is 9.97 Å². The van der Waals surface area contributed by atoms with Gasteiger partial charge in [0.15, 0.2) is 0 Å². The Bertz CT molecular complexity index is 933. The molecule has 1 fully saturated rings. The predicted molar refractivity (Wildman–Crippen MR) is 100 cm³/mol. The lowest BCUT2D eigenvalue weighted by Crippen LogP contribution is -2.45. The molecule has 2 aromatic carbocycles. The Balaban J connectivity index is 1.59. The normalized spacial score (nSPS) is 16.2. The van der Waals surface area contributed by atoms with Crippen molar-refractivity contribution >= 4 is 5.91 Å². The smallest absolute Gasteiger partial charge is 0.274 e. The minimum Gasteiger partial charge on any atom is -0.497 e. The average molecular weight is 347 g/mol. The predicted octanol–water partition coefficient (Wildman–Crippen LogP) is 3.98. The number of rotatable bonds is 4. The summed E-state index contributed by atoms with van der Waals surface area (Å²) in [6.07, 6.45) is 0.952. The van der Waals surface area contributed by atoms with Gasteiger partial charge in [0.2, 0.25) is 0 Å². The van der Waals surface area contributed by atoms with Gasteiger partial charge in [0.25, 0.3) is 5.91 Å². The number of amides is 1. The van der Waals surface area contributed by atoms with Gasteiger partial charge in [-0.2, -0.15) is 0 Å². The fourth-order valence-corrected chi connectivity index (χ4v) is 3.36. The first-order valence-corrected chi connectivity index (χ1v) is 8.74. The largest absolute Gasteiger partial charge is 0.497 e. The van der Waals surface area contributed by atoms with Gasteiger partial charge in [-0.25, -0.2) is 4.98 Å². The van der Waals surface area contributed by atoms with Crippen LogP contribution < -0.4 is 4.74 Å². The molecule has 0 aliphatic carbocycles. The van der Waals surface area contributed by atoms with Gasteiger partial charge in [-0.05, 0) is 31.0 Å². The molecule has 1 atom stereocenters. The van der Waals surface area contributed by atoms with Crippen LogP contribution in [0.2, 0.25) is 0 Å². The first-order valence-electron chi connectivity index (χ1n) is 8.74. The van der Waals surface area contributed by atoms with E-state index >= 15 is 0 Å². The summed E-state index contributed by atoms with van der Waals surface area (Å²) in [6.45, 7) is 2.64. The number of H-pyrrole nitrogens is 1. The SMILES string of the molecule is COc1cccc([C@H]2CCN2C(=O)c2nc(-c3ccccc3)[nH]c2C)c1. The van der Waals surface area contributed by atoms with E-state index in [1.54, 1.807) is 7.11 Å². The molecule has 4 rings (SSSR count). The van der Waals surface area contributed by atoms with E-state index in [0.29, 0.717) is 5.69 Å². The Labute approximate surface area is 152 Å². The summed E-state index contributed by atoms with van der Waals surface area (Å²) in [6, 6.07) is 17.8. The molecule has 0 spiro atoms. The van der Waals surface area contributed by atoms with Crippen molar-refractivity contribution in [3.05, 3.63) is 71.5 Å². The summed E-state index contributed by atoms with van der Waals surface area (Å²) in [5, 5.41) is 0. The molecule has 0 unspecified atom stereocenters. The third-order valence-corrected chi connectivity index (χ3v) is 4.89. The lowest BCUT2D eigenvalue weighted by Gasteiger charge is -2.41. The molecule has 1 aliphatic rings. The molecule has 1 N–H and O–H groups in total. The summed E-state index contributed by atoms with van der Waals surface area (Å²) in [5.41, 5.74) is 3.37. The highest BCUT2D eigenvalue weighted by atomic mass is 16.5. The van der Waals surface area contributed by atoms with Crippen LogP contribution in [0.15, 0.2) is 54.6 Å². The third kappa shape index (κ3) is 2.86. The maximum Gasteiger partial charge on any atom is 0.274 e. The molecule has 2 heterocycles. The van der Waals surface area contributed by atoms with Crippen LogP contribution in [0, 0.1) is 6.92 Å². The fourth-order valence-electron chi connectivity index (χ4n) is 3.36. The van der Waals surface area contributed by atoms with Crippen LogP contribution in [0.4, 0.5) is 0 Å². The van der Waals surface area contributed by atoms with Gasteiger partial charge in [-0.15, -0.1) is 0 Å². The highest BCUT2D eigenvalue weighted by molar-refractivity contribution is 5.95. The number of aromatic amines is 1. The quantitative estimate of drug-likeness (QED) is 0.776. The first-order chi connectivity index (χ1) is 12.7. The Morgan fingerprint density at radius 1 is 1.19 bits per heavy atom. The number of benzene rings is 2. The topological polar surface area (TPSA) is 58.2 Å². The van der Waals surface area contributed by atoms with E-state index in [1.807, 2.05) is 66.4 Å². The maximum atomic E-state index is 13.0. The lowest BCUT2D eigenvalue weighted by molar-refractivity contribution is 0.0453. The van der Waals surface area contributed by atoms with E-state index in [0.717, 1.165) is 41.4 Å². The summed E-state index contributed by atoms with van der Waals surface area (Å²) in [7, 11) is 1.65. The molecular weight excluding hydrogens is 326 g/mol. The summed E-state index contributed by atoms with van der Waals surface area (Å²) < 4.78 is 5.30. The number of ether oxygens (including phenoxy) is 1. The molecule has 5 nitrogen and oxygen atoms in total. The number of hydrogen-bond donors (Lipinski definition) is 1. The number of nitrogens with zero attached hydrogens (tertiary/aromatic N) is 2. The van der Waals surface area contributed by atoms with Crippen molar-refractivity contribution in [2.75, 3.05) is 13.7 Å². The van der Waals surface area contributed by atoms with Gasteiger partial charge < -0.3 is 14.6 Å². The van der Waals surface area contributed by atoms with Gasteiger partial charge in [0, 0.05) is 17.8 Å². The Morgan fingerprint density at radius 3 is 2.69 bits per heavy atom. The third-order valence-electron chi connectivity index (χ3n) is 4.89. The minimum absolute atomic E-state index is 0.0278. The molecule has 26 heavy (non-hydrogen) atoms. The van der Waals surface area contributed by atoms with Crippen LogP contribution in [-0.4, -0.2) is 34.4 Å². The number of imidazole rings is 1.